The van der Waals surface area contributed by atoms with Crippen LogP contribution < -0.4 is 25.2 Å². The third-order valence-electron chi connectivity index (χ3n) is 9.86. The van der Waals surface area contributed by atoms with Crippen LogP contribution in [-0.2, 0) is 29.1 Å². The van der Waals surface area contributed by atoms with Crippen LogP contribution in [0.2, 0.25) is 0 Å². The smallest absolute Gasteiger partial charge is 0.405 e. The van der Waals surface area contributed by atoms with Crippen LogP contribution in [0.25, 0.3) is 10.9 Å². The Morgan fingerprint density at radius 1 is 1.09 bits per heavy atom. The molecule has 0 spiro atoms. The van der Waals surface area contributed by atoms with Gasteiger partial charge < -0.3 is 30.2 Å². The molecule has 6 rings (SSSR count). The molecule has 1 aromatic heterocycles. The first-order chi connectivity index (χ1) is 24.9. The van der Waals surface area contributed by atoms with Crippen LogP contribution in [0.5, 0.6) is 11.6 Å². The van der Waals surface area contributed by atoms with E-state index in [1.54, 1.807) is 51.0 Å². The molecule has 4 amide bonds. The Morgan fingerprint density at radius 2 is 1.83 bits per heavy atom. The summed E-state index contributed by atoms with van der Waals surface area (Å²) in [7, 11) is -2.24. The lowest BCUT2D eigenvalue weighted by Crippen LogP contribution is -2.56. The Morgan fingerprint density at radius 3 is 2.47 bits per heavy atom. The number of fused-ring (bicyclic) bond motifs is 3. The van der Waals surface area contributed by atoms with Gasteiger partial charge >= 0.3 is 6.09 Å². The summed E-state index contributed by atoms with van der Waals surface area (Å²) in [5, 5.41) is 2.99. The number of nitrogens with zero attached hydrogens (tertiary/aromatic N) is 3. The van der Waals surface area contributed by atoms with E-state index in [-0.39, 0.29) is 47.8 Å². The standard InChI is InChI=1S/C32H41N5O7S.C5H11NO2.3H2/c1-19-6-4-5-7-21-16-32(21,31(40)36-45(41,42)24-9-10-24)35-29(39)27-15-23(17-37(27)28(38)13-20(2)12-19)44-30-25-11-8-22(43-3)14-26(25)33-18-34-30;1-5(2,3)8-4(6)7;;;/h5,7-8,11,14,18-21,23-24,27H,4,6,9-10,12-13,15-17H2,1-3H3,(H,35,39)(H,36,40);1-3H3,(H2,6,7);3*1H/b7-5-;;;;/t19-,20-,21-,23-,27+,32-;;;;/m1..../s1. The number of hydrogen-bond donors (Lipinski definition) is 3. The highest BCUT2D eigenvalue weighted by molar-refractivity contribution is 7.91. The zero-order valence-corrected chi connectivity index (χ0v) is 32.1. The van der Waals surface area contributed by atoms with Crippen molar-refractivity contribution in [2.75, 3.05) is 13.7 Å². The Bertz CT molecular complexity index is 1860. The van der Waals surface area contributed by atoms with Crippen LogP contribution in [0, 0.1) is 17.8 Å². The summed E-state index contributed by atoms with van der Waals surface area (Å²) in [6, 6.07) is 4.46. The average molecular weight is 763 g/mol. The van der Waals surface area contributed by atoms with E-state index in [1.807, 2.05) is 12.2 Å². The van der Waals surface area contributed by atoms with Crippen molar-refractivity contribution in [3.05, 3.63) is 36.7 Å². The van der Waals surface area contributed by atoms with Gasteiger partial charge in [-0.2, -0.15) is 0 Å². The lowest BCUT2D eigenvalue weighted by Gasteiger charge is -2.27. The molecule has 53 heavy (non-hydrogen) atoms. The van der Waals surface area contributed by atoms with Crippen molar-refractivity contribution in [1.29, 1.82) is 0 Å². The minimum atomic E-state index is -3.82. The van der Waals surface area contributed by atoms with Crippen molar-refractivity contribution in [2.45, 2.75) is 115 Å². The maximum Gasteiger partial charge on any atom is 0.405 e. The third kappa shape index (κ3) is 10.1. The maximum atomic E-state index is 14.0. The number of ether oxygens (including phenoxy) is 3. The van der Waals surface area contributed by atoms with Gasteiger partial charge in [0.25, 0.3) is 5.91 Å². The fourth-order valence-corrected chi connectivity index (χ4v) is 8.38. The van der Waals surface area contributed by atoms with E-state index in [1.165, 1.54) is 6.33 Å². The summed E-state index contributed by atoms with van der Waals surface area (Å²) in [6.07, 6.45) is 8.40. The van der Waals surface area contributed by atoms with Crippen LogP contribution >= 0.6 is 0 Å². The molecule has 0 unspecified atom stereocenters. The molecule has 2 saturated carbocycles. The molecule has 296 valence electrons. The molecule has 6 atom stereocenters. The number of amides is 4. The second-order valence-corrected chi connectivity index (χ2v) is 17.7. The minimum absolute atomic E-state index is 0. The molecular weight excluding hydrogens is 705 g/mol. The van der Waals surface area contributed by atoms with Crippen molar-refractivity contribution in [2.24, 2.45) is 23.5 Å². The summed E-state index contributed by atoms with van der Waals surface area (Å²) < 4.78 is 43.8. The van der Waals surface area contributed by atoms with Gasteiger partial charge in [-0.25, -0.2) is 23.2 Å². The number of benzene rings is 1. The monoisotopic (exact) mass is 762 g/mol. The van der Waals surface area contributed by atoms with E-state index in [9.17, 15) is 27.6 Å². The number of nitrogens with two attached hydrogens (primary N) is 1. The summed E-state index contributed by atoms with van der Waals surface area (Å²) in [5.74, 6) is -0.268. The first-order valence-corrected chi connectivity index (χ1v) is 19.7. The molecule has 15 nitrogen and oxygen atoms in total. The van der Waals surface area contributed by atoms with Crippen molar-refractivity contribution in [3.8, 4) is 11.6 Å². The summed E-state index contributed by atoms with van der Waals surface area (Å²) in [4.78, 5) is 61.5. The zero-order valence-electron chi connectivity index (χ0n) is 31.3. The predicted octanol–water partition coefficient (Wildman–Crippen LogP) is 4.49. The predicted molar refractivity (Wildman–Crippen MR) is 202 cm³/mol. The molecule has 1 aromatic carbocycles. The first-order valence-electron chi connectivity index (χ1n) is 18.2. The normalized spacial score (nSPS) is 28.4. The Hall–Kier alpha value is -4.47. The van der Waals surface area contributed by atoms with Gasteiger partial charge in [-0.05, 0) is 83.3 Å². The Kier molecular flexibility index (Phi) is 11.9. The molecular formula is C37H58N6O9S. The van der Waals surface area contributed by atoms with Gasteiger partial charge in [-0.15, -0.1) is 0 Å². The van der Waals surface area contributed by atoms with Gasteiger partial charge in [-0.3, -0.25) is 19.1 Å². The quantitative estimate of drug-likeness (QED) is 0.349. The van der Waals surface area contributed by atoms with Crippen LogP contribution in [0.4, 0.5) is 4.79 Å². The van der Waals surface area contributed by atoms with E-state index >= 15 is 0 Å². The molecule has 2 aliphatic carbocycles. The van der Waals surface area contributed by atoms with Crippen LogP contribution in [0.1, 0.15) is 90.3 Å². The highest BCUT2D eigenvalue weighted by Gasteiger charge is 2.62. The SMILES string of the molecule is CC(C)(C)OC(N)=O.COc1ccc2c(O[C@@H]3C[C@H]4C(=O)N[C@]5(C(=O)NS(=O)(=O)C6CC6)C[C@H]5/C=C\CC[C@@H](C)C[C@@H](C)CC(=O)N4C3)ncnc2c1.[HH].[HH].[HH]. The van der Waals surface area contributed by atoms with E-state index in [4.69, 9.17) is 15.2 Å². The summed E-state index contributed by atoms with van der Waals surface area (Å²) in [6.45, 7) is 9.67. The Labute approximate surface area is 315 Å². The molecule has 3 heterocycles. The second-order valence-electron chi connectivity index (χ2n) is 15.7. The van der Waals surface area contributed by atoms with Gasteiger partial charge in [0.15, 0.2) is 0 Å². The highest BCUT2D eigenvalue weighted by atomic mass is 32.2. The average Bonchev–Trinajstić information content (AvgIpc) is 3.99. The van der Waals surface area contributed by atoms with Gasteiger partial charge in [0.05, 0.1) is 29.8 Å². The minimum Gasteiger partial charge on any atom is -0.497 e. The number of sulfonamides is 1. The molecule has 4 aliphatic rings. The lowest BCUT2D eigenvalue weighted by molar-refractivity contribution is -0.140. The zero-order chi connectivity index (χ0) is 38.7. The van der Waals surface area contributed by atoms with Gasteiger partial charge in [-0.1, -0.05) is 26.0 Å². The van der Waals surface area contributed by atoms with Crippen LogP contribution in [0.3, 0.4) is 0 Å². The molecule has 1 saturated heterocycles. The molecule has 16 heteroatoms. The summed E-state index contributed by atoms with van der Waals surface area (Å²) in [5.41, 5.74) is 3.50. The van der Waals surface area contributed by atoms with Gasteiger partial charge in [0.1, 0.15) is 35.4 Å². The molecule has 2 aliphatic heterocycles. The third-order valence-corrected chi connectivity index (χ3v) is 11.7. The molecule has 0 radical (unpaired) electrons. The van der Waals surface area contributed by atoms with E-state index < -0.39 is 56.5 Å². The number of aromatic nitrogens is 2. The van der Waals surface area contributed by atoms with Crippen molar-refractivity contribution >= 4 is 44.7 Å². The number of primary amides is 1. The number of rotatable bonds is 6. The van der Waals surface area contributed by atoms with Gasteiger partial charge in [0.2, 0.25) is 27.7 Å². The largest absolute Gasteiger partial charge is 0.497 e. The lowest BCUT2D eigenvalue weighted by atomic mass is 9.91. The first kappa shape index (κ1) is 39.7. The second kappa shape index (κ2) is 15.9. The van der Waals surface area contributed by atoms with E-state index in [0.29, 0.717) is 41.3 Å². The Balaban J connectivity index is 0.000000891. The van der Waals surface area contributed by atoms with Crippen molar-refractivity contribution in [3.63, 3.8) is 0 Å². The topological polar surface area (TPSA) is 209 Å². The number of methoxy groups -OCH3 is 1. The fourth-order valence-electron chi connectivity index (χ4n) is 7.01. The number of nitrogens with one attached hydrogen (secondary N) is 2. The molecule has 2 aromatic rings. The molecule has 4 N–H and O–H groups in total. The van der Waals surface area contributed by atoms with Crippen LogP contribution in [0.15, 0.2) is 36.7 Å². The van der Waals surface area contributed by atoms with Gasteiger partial charge in [0, 0.05) is 29.1 Å². The van der Waals surface area contributed by atoms with Crippen LogP contribution in [-0.4, -0.2) is 89.3 Å². The van der Waals surface area contributed by atoms with Crippen molar-refractivity contribution < 1.29 is 46.1 Å². The maximum absolute atomic E-state index is 14.0. The molecule has 3 fully saturated rings. The van der Waals surface area contributed by atoms with Crippen molar-refractivity contribution in [1.82, 2.24) is 24.9 Å². The van der Waals surface area contributed by atoms with E-state index in [2.05, 4.69) is 38.6 Å². The summed E-state index contributed by atoms with van der Waals surface area (Å²) >= 11 is 0. The number of carbonyl (C=O) groups is 4. The van der Waals surface area contributed by atoms with E-state index in [0.717, 1.165) is 19.3 Å². The highest BCUT2D eigenvalue weighted by Crippen LogP contribution is 2.46. The number of hydrogen-bond acceptors (Lipinski definition) is 11. The molecule has 0 bridgehead atoms. The number of allylic oxidation sites excluding steroid dienone is 1. The number of carbonyl (C=O) groups excluding carboxylic acids is 4. The fraction of sp³-hybridized carbons (Fsp3) is 0.622.